The second-order valence-corrected chi connectivity index (χ2v) is 32.6. The van der Waals surface area contributed by atoms with Crippen LogP contribution in [0.4, 0.5) is 0 Å². The van der Waals surface area contributed by atoms with Crippen molar-refractivity contribution in [1.82, 2.24) is 29.5 Å². The Labute approximate surface area is 657 Å². The topological polar surface area (TPSA) is 72.3 Å². The molecule has 0 aliphatic rings. The van der Waals surface area contributed by atoms with Gasteiger partial charge in [-0.15, -0.1) is 45.3 Å². The second-order valence-electron chi connectivity index (χ2n) is 28.0. The third-order valence-corrected chi connectivity index (χ3v) is 26.5. The van der Waals surface area contributed by atoms with Gasteiger partial charge < -0.3 is 4.98 Å². The van der Waals surface area contributed by atoms with E-state index in [0.717, 1.165) is 87.0 Å². The zero-order valence-corrected chi connectivity index (χ0v) is 63.3. The van der Waals surface area contributed by atoms with Gasteiger partial charge in [-0.3, -0.25) is 4.57 Å². The number of nitrogens with one attached hydrogen (secondary N) is 1. The number of nitrogens with zero attached hydrogens (tertiary/aromatic N) is 5. The van der Waals surface area contributed by atoms with Gasteiger partial charge in [0.25, 0.3) is 0 Å². The number of halogens is 1. The SMILES string of the molecule is Clc1nc(-c2cc(-c3ccccc3)cc(-c3ccccc3)c2)c2sc3ccccc3c2n1.c1ccc(-c2cc(-c3ccccc3)cc(-c3nc(-n4c5ccccc5c5c6ccccc6c6c7ccccc7sc6c54)nc4c3sc3ccccc34)c2)cc1.c1ccc2c(c1)[nH]c1c3sc4ccccc4c3c3ccccc3c21. The zero-order valence-electron chi connectivity index (χ0n) is 59.2. The van der Waals surface area contributed by atoms with Gasteiger partial charge in [0, 0.05) is 89.3 Å². The standard InChI is InChI=1S/C50H29N3S2.C28H17ClN2S.C22H13NS/c1-3-15-30(16-4-1)32-27-33(31-17-5-2-6-18-31)29-34(28-32)45-49-46(39-23-11-14-26-42(39)55-49)52-50(51-45)53-40-24-12-9-21-37(40)43-35-19-7-8-20-36(35)44-38-22-10-13-25-41(38)54-48(44)47(43)53;29-28-30-25(27-26(31-28)23-13-7-8-14-24(23)32-27)22-16-20(18-9-3-1-4-10-18)15-21(17-22)19-11-5-2-6-12-19;1-2-8-14-13(7-1)19-15-9-3-5-11-17(15)23-21(19)22-20(14)16-10-4-6-12-18(16)24-22/h1-29H;1-17H;1-12,23H. The summed E-state index contributed by atoms with van der Waals surface area (Å²) in [5, 5.41) is 18.1. The van der Waals surface area contributed by atoms with E-state index in [4.69, 9.17) is 26.6 Å². The molecule has 1 N–H and O–H groups in total. The lowest BCUT2D eigenvalue weighted by molar-refractivity contribution is 1.02. The van der Waals surface area contributed by atoms with Crippen molar-refractivity contribution in [2.45, 2.75) is 0 Å². The summed E-state index contributed by atoms with van der Waals surface area (Å²) in [5.41, 5.74) is 19.8. The molecule has 0 fully saturated rings. The number of rotatable bonds is 7. The minimum absolute atomic E-state index is 0.266. The first kappa shape index (κ1) is 65.1. The molecule has 24 aromatic rings. The van der Waals surface area contributed by atoms with E-state index in [2.05, 4.69) is 348 Å². The monoisotopic (exact) mass is 1510 g/mol. The highest BCUT2D eigenvalue weighted by atomic mass is 35.5. The predicted octanol–water partition coefficient (Wildman–Crippen LogP) is 29.8. The molecule has 111 heavy (non-hydrogen) atoms. The Kier molecular flexibility index (Phi) is 15.6. The van der Waals surface area contributed by atoms with Gasteiger partial charge in [-0.25, -0.2) is 19.9 Å². The van der Waals surface area contributed by atoms with Crippen LogP contribution in [0.15, 0.2) is 352 Å². The Morgan fingerprint density at radius 2 is 0.595 bits per heavy atom. The van der Waals surface area contributed by atoms with Gasteiger partial charge in [-0.2, -0.15) is 0 Å². The van der Waals surface area contributed by atoms with Crippen molar-refractivity contribution in [3.8, 4) is 73.0 Å². The Hall–Kier alpha value is -13.0. The van der Waals surface area contributed by atoms with Crippen molar-refractivity contribution < 1.29 is 0 Å². The van der Waals surface area contributed by atoms with Gasteiger partial charge in [0.2, 0.25) is 11.2 Å². The fraction of sp³-hybridized carbons (Fsp3) is 0. The lowest BCUT2D eigenvalue weighted by Crippen LogP contribution is -2.03. The number of hydrogen-bond acceptors (Lipinski definition) is 8. The van der Waals surface area contributed by atoms with Crippen LogP contribution in [0.1, 0.15) is 0 Å². The molecule has 0 aliphatic heterocycles. The minimum atomic E-state index is 0.266. The van der Waals surface area contributed by atoms with E-state index in [1.807, 2.05) is 40.9 Å². The molecule has 0 saturated heterocycles. The maximum atomic E-state index is 6.43. The van der Waals surface area contributed by atoms with Crippen molar-refractivity contribution in [2.75, 3.05) is 0 Å². The summed E-state index contributed by atoms with van der Waals surface area (Å²) in [4.78, 5) is 24.2. The smallest absolute Gasteiger partial charge is 0.235 e. The van der Waals surface area contributed by atoms with E-state index in [1.54, 1.807) is 22.7 Å². The normalized spacial score (nSPS) is 11.8. The molecule has 11 heteroatoms. The molecule has 24 rings (SSSR count). The number of aromatic nitrogens is 6. The molecule has 0 radical (unpaired) electrons. The third-order valence-electron chi connectivity index (χ3n) is 21.6. The van der Waals surface area contributed by atoms with E-state index >= 15 is 0 Å². The van der Waals surface area contributed by atoms with E-state index < -0.39 is 0 Å². The molecule has 0 spiro atoms. The van der Waals surface area contributed by atoms with E-state index in [-0.39, 0.29) is 5.28 Å². The second kappa shape index (κ2) is 26.7. The fourth-order valence-corrected chi connectivity index (χ4v) is 21.6. The quantitative estimate of drug-likeness (QED) is 0.161. The summed E-state index contributed by atoms with van der Waals surface area (Å²) in [6.07, 6.45) is 0. The molecule has 0 saturated carbocycles. The van der Waals surface area contributed by atoms with Crippen LogP contribution >= 0.6 is 56.9 Å². The lowest BCUT2D eigenvalue weighted by Gasteiger charge is -2.14. The highest BCUT2D eigenvalue weighted by Gasteiger charge is 2.27. The number of para-hydroxylation sites is 2. The zero-order chi connectivity index (χ0) is 73.2. The maximum absolute atomic E-state index is 6.43. The minimum Gasteiger partial charge on any atom is -0.353 e. The Balaban J connectivity index is 0.000000114. The van der Waals surface area contributed by atoms with Crippen LogP contribution in [0, 0.1) is 0 Å². The molecular weight excluding hydrogens is 1450 g/mol. The van der Waals surface area contributed by atoms with Crippen LogP contribution in [0.3, 0.4) is 0 Å². The number of thiophene rings is 4. The van der Waals surface area contributed by atoms with Crippen molar-refractivity contribution in [1.29, 1.82) is 0 Å². The van der Waals surface area contributed by atoms with Crippen molar-refractivity contribution >= 4 is 203 Å². The molecule has 0 aliphatic carbocycles. The molecular formula is C100H59ClN6S4. The average Bonchev–Trinajstić information content (AvgIpc) is 1.55. The van der Waals surface area contributed by atoms with Crippen LogP contribution in [0.5, 0.6) is 0 Å². The molecule has 8 aromatic heterocycles. The predicted molar refractivity (Wildman–Crippen MR) is 478 cm³/mol. The molecule has 8 heterocycles. The van der Waals surface area contributed by atoms with Gasteiger partial charge in [0.1, 0.15) is 0 Å². The fourth-order valence-electron chi connectivity index (χ4n) is 16.7. The number of benzene rings is 16. The van der Waals surface area contributed by atoms with Crippen LogP contribution in [-0.4, -0.2) is 29.5 Å². The first-order valence-electron chi connectivity index (χ1n) is 37.0. The molecule has 0 unspecified atom stereocenters. The van der Waals surface area contributed by atoms with Crippen LogP contribution in [0.2, 0.25) is 5.28 Å². The summed E-state index contributed by atoms with van der Waals surface area (Å²) >= 11 is 13.7. The molecule has 0 bridgehead atoms. The summed E-state index contributed by atoms with van der Waals surface area (Å²) in [7, 11) is 0. The first-order valence-corrected chi connectivity index (χ1v) is 40.7. The summed E-state index contributed by atoms with van der Waals surface area (Å²) in [5.74, 6) is 0.678. The van der Waals surface area contributed by atoms with Crippen molar-refractivity contribution in [2.24, 2.45) is 0 Å². The van der Waals surface area contributed by atoms with Gasteiger partial charge in [0.05, 0.1) is 57.8 Å². The summed E-state index contributed by atoms with van der Waals surface area (Å²) in [6.45, 7) is 0. The maximum Gasteiger partial charge on any atom is 0.235 e. The highest BCUT2D eigenvalue weighted by Crippen LogP contribution is 2.51. The Morgan fingerprint density at radius 1 is 0.252 bits per heavy atom. The van der Waals surface area contributed by atoms with Crippen molar-refractivity contribution in [3.05, 3.63) is 357 Å². The molecule has 0 atom stereocenters. The lowest BCUT2D eigenvalue weighted by atomic mass is 9.95. The van der Waals surface area contributed by atoms with Gasteiger partial charge in [0.15, 0.2) is 0 Å². The van der Waals surface area contributed by atoms with Crippen LogP contribution in [-0.2, 0) is 0 Å². The van der Waals surface area contributed by atoms with Crippen molar-refractivity contribution in [3.63, 3.8) is 0 Å². The molecule has 16 aromatic carbocycles. The molecule has 0 amide bonds. The largest absolute Gasteiger partial charge is 0.353 e. The van der Waals surface area contributed by atoms with Crippen LogP contribution in [0.25, 0.3) is 219 Å². The highest BCUT2D eigenvalue weighted by molar-refractivity contribution is 7.28. The molecule has 6 nitrogen and oxygen atoms in total. The molecule has 520 valence electrons. The van der Waals surface area contributed by atoms with Crippen LogP contribution < -0.4 is 0 Å². The number of aromatic amines is 1. The van der Waals surface area contributed by atoms with Gasteiger partial charge >= 0.3 is 0 Å². The van der Waals surface area contributed by atoms with E-state index in [1.165, 1.54) is 126 Å². The average molecular weight is 1510 g/mol. The Morgan fingerprint density at radius 3 is 1.09 bits per heavy atom. The Bertz CT molecular complexity index is 7630. The van der Waals surface area contributed by atoms with Gasteiger partial charge in [-0.1, -0.05) is 279 Å². The van der Waals surface area contributed by atoms with E-state index in [0.29, 0.717) is 5.95 Å². The number of hydrogen-bond donors (Lipinski definition) is 1. The van der Waals surface area contributed by atoms with E-state index in [9.17, 15) is 0 Å². The first-order chi connectivity index (χ1) is 55.0. The summed E-state index contributed by atoms with van der Waals surface area (Å²) < 4.78 is 12.1. The number of fused-ring (bicyclic) bond motifs is 26. The number of H-pyrrole nitrogens is 1. The summed E-state index contributed by atoms with van der Waals surface area (Å²) in [6, 6.07) is 125. The third kappa shape index (κ3) is 10.9. The van der Waals surface area contributed by atoms with Gasteiger partial charge in [-0.05, 0) is 150 Å².